The third-order valence-corrected chi connectivity index (χ3v) is 4.27. The summed E-state index contributed by atoms with van der Waals surface area (Å²) < 4.78 is 6.00. The van der Waals surface area contributed by atoms with Gasteiger partial charge in [0.25, 0.3) is 0 Å². The van der Waals surface area contributed by atoms with Crippen LogP contribution in [0.25, 0.3) is 0 Å². The molecule has 1 aliphatic carbocycles. The predicted octanol–water partition coefficient (Wildman–Crippen LogP) is 3.20. The molecule has 2 nitrogen and oxygen atoms in total. The minimum Gasteiger partial charge on any atom is -0.369 e. The summed E-state index contributed by atoms with van der Waals surface area (Å²) >= 11 is 0. The summed E-state index contributed by atoms with van der Waals surface area (Å²) in [6.07, 6.45) is 1.92. The monoisotopic (exact) mass is 224 g/mol. The lowest BCUT2D eigenvalue weighted by molar-refractivity contribution is -0.131. The molecule has 2 atom stereocenters. The highest BCUT2D eigenvalue weighted by Gasteiger charge is 2.57. The van der Waals surface area contributed by atoms with Crippen molar-refractivity contribution in [2.45, 2.75) is 65.6 Å². The Bertz CT molecular complexity index is 326. The molecule has 0 radical (unpaired) electrons. The van der Waals surface area contributed by atoms with Crippen LogP contribution in [-0.2, 0) is 9.53 Å². The molecule has 0 aromatic rings. The van der Waals surface area contributed by atoms with Gasteiger partial charge < -0.3 is 4.74 Å². The van der Waals surface area contributed by atoms with Crippen LogP contribution in [0.15, 0.2) is 0 Å². The van der Waals surface area contributed by atoms with Crippen molar-refractivity contribution in [3.8, 4) is 0 Å². The number of rotatable bonds is 2. The van der Waals surface area contributed by atoms with Crippen LogP contribution in [0.2, 0.25) is 0 Å². The van der Waals surface area contributed by atoms with Crippen LogP contribution in [-0.4, -0.2) is 17.0 Å². The zero-order chi connectivity index (χ0) is 12.4. The van der Waals surface area contributed by atoms with Crippen LogP contribution in [0.5, 0.6) is 0 Å². The molecule has 1 aliphatic heterocycles. The van der Waals surface area contributed by atoms with Crippen molar-refractivity contribution in [1.29, 1.82) is 0 Å². The molecule has 0 aromatic heterocycles. The first-order valence-corrected chi connectivity index (χ1v) is 6.29. The molecule has 0 amide bonds. The van der Waals surface area contributed by atoms with E-state index < -0.39 is 0 Å². The first kappa shape index (κ1) is 12.1. The Hall–Kier alpha value is -0.370. The number of Topliss-reactive ketones (excluding diaryl/α,β-unsaturated/α-hetero) is 1. The van der Waals surface area contributed by atoms with E-state index in [0.717, 1.165) is 12.8 Å². The van der Waals surface area contributed by atoms with Crippen LogP contribution in [0.3, 0.4) is 0 Å². The third-order valence-electron chi connectivity index (χ3n) is 4.27. The van der Waals surface area contributed by atoms with Crippen molar-refractivity contribution in [2.24, 2.45) is 17.3 Å². The minimum absolute atomic E-state index is 0.0780. The second-order valence-electron chi connectivity index (χ2n) is 7.37. The van der Waals surface area contributed by atoms with E-state index in [4.69, 9.17) is 4.74 Å². The van der Waals surface area contributed by atoms with Gasteiger partial charge in [-0.25, -0.2) is 0 Å². The Balaban J connectivity index is 2.14. The molecule has 2 rings (SSSR count). The van der Waals surface area contributed by atoms with Crippen molar-refractivity contribution in [1.82, 2.24) is 0 Å². The highest BCUT2D eigenvalue weighted by Crippen LogP contribution is 2.56. The molecular weight excluding hydrogens is 200 g/mol. The molecule has 1 heterocycles. The van der Waals surface area contributed by atoms with Crippen LogP contribution < -0.4 is 0 Å². The fourth-order valence-corrected chi connectivity index (χ4v) is 3.20. The van der Waals surface area contributed by atoms with Crippen molar-refractivity contribution in [3.05, 3.63) is 0 Å². The van der Waals surface area contributed by atoms with Crippen LogP contribution in [0.1, 0.15) is 54.4 Å². The van der Waals surface area contributed by atoms with Crippen LogP contribution in [0, 0.1) is 17.3 Å². The van der Waals surface area contributed by atoms with Gasteiger partial charge in [0.2, 0.25) is 0 Å². The molecule has 0 spiro atoms. The number of ether oxygens (including phenoxy) is 1. The van der Waals surface area contributed by atoms with Gasteiger partial charge in [-0.15, -0.1) is 0 Å². The number of ketones is 1. The molecule has 16 heavy (non-hydrogen) atoms. The smallest absolute Gasteiger partial charge is 0.142 e. The molecule has 1 saturated heterocycles. The van der Waals surface area contributed by atoms with Crippen molar-refractivity contribution < 1.29 is 9.53 Å². The standard InChI is InChI=1S/C14H24O2/c1-12(2)7-9(12)11(15)10-8-13(3,4)16-14(10,5)6/h9-10H,7-8H2,1-6H3. The Morgan fingerprint density at radius 1 is 1.00 bits per heavy atom. The number of carbonyl (C=O) groups is 1. The average molecular weight is 224 g/mol. The second-order valence-corrected chi connectivity index (χ2v) is 7.37. The second kappa shape index (κ2) is 3.10. The molecular formula is C14H24O2. The SMILES string of the molecule is CC1(C)CC(C(=O)C2CC2(C)C)C(C)(C)O1. The Morgan fingerprint density at radius 2 is 1.50 bits per heavy atom. The Morgan fingerprint density at radius 3 is 1.81 bits per heavy atom. The van der Waals surface area contributed by atoms with Crippen molar-refractivity contribution in [2.75, 3.05) is 0 Å². The molecule has 0 N–H and O–H groups in total. The topological polar surface area (TPSA) is 26.3 Å². The summed E-state index contributed by atoms with van der Waals surface area (Å²) in [5.74, 6) is 0.782. The van der Waals surface area contributed by atoms with E-state index >= 15 is 0 Å². The summed E-state index contributed by atoms with van der Waals surface area (Å²) in [6, 6.07) is 0. The molecule has 2 unspecified atom stereocenters. The summed E-state index contributed by atoms with van der Waals surface area (Å²) in [7, 11) is 0. The van der Waals surface area contributed by atoms with E-state index in [1.807, 2.05) is 0 Å². The van der Waals surface area contributed by atoms with Gasteiger partial charge in [0.1, 0.15) is 5.78 Å². The van der Waals surface area contributed by atoms with Crippen LogP contribution >= 0.6 is 0 Å². The maximum Gasteiger partial charge on any atom is 0.142 e. The molecule has 2 fully saturated rings. The van der Waals surface area contributed by atoms with Gasteiger partial charge in [0, 0.05) is 11.8 Å². The van der Waals surface area contributed by atoms with E-state index in [1.54, 1.807) is 0 Å². The summed E-state index contributed by atoms with van der Waals surface area (Å²) in [5.41, 5.74) is -0.206. The van der Waals surface area contributed by atoms with Gasteiger partial charge in [0.15, 0.2) is 0 Å². The predicted molar refractivity (Wildman–Crippen MR) is 64.2 cm³/mol. The molecule has 92 valence electrons. The Kier molecular flexibility index (Phi) is 2.34. The molecule has 2 aliphatic rings. The zero-order valence-electron chi connectivity index (χ0n) is 11.4. The van der Waals surface area contributed by atoms with Crippen molar-refractivity contribution >= 4 is 5.78 Å². The van der Waals surface area contributed by atoms with Crippen molar-refractivity contribution in [3.63, 3.8) is 0 Å². The lowest BCUT2D eigenvalue weighted by Crippen LogP contribution is -2.35. The molecule has 0 bridgehead atoms. The van der Waals surface area contributed by atoms with Gasteiger partial charge in [-0.3, -0.25) is 4.79 Å². The van der Waals surface area contributed by atoms with E-state index in [9.17, 15) is 4.79 Å². The normalized spacial score (nSPS) is 38.4. The summed E-state index contributed by atoms with van der Waals surface area (Å²) in [5, 5.41) is 0. The summed E-state index contributed by atoms with van der Waals surface area (Å²) in [6.45, 7) is 12.6. The van der Waals surface area contributed by atoms with E-state index in [0.29, 0.717) is 5.78 Å². The van der Waals surface area contributed by atoms with Gasteiger partial charge in [-0.2, -0.15) is 0 Å². The summed E-state index contributed by atoms with van der Waals surface area (Å²) in [4.78, 5) is 12.4. The van der Waals surface area contributed by atoms with E-state index in [-0.39, 0.29) is 28.5 Å². The quantitative estimate of drug-likeness (QED) is 0.720. The number of carbonyl (C=O) groups excluding carboxylic acids is 1. The fraction of sp³-hybridized carbons (Fsp3) is 0.929. The molecule has 1 saturated carbocycles. The molecule has 0 aromatic carbocycles. The van der Waals surface area contributed by atoms with Gasteiger partial charge in [0.05, 0.1) is 11.2 Å². The van der Waals surface area contributed by atoms with E-state index in [2.05, 4.69) is 41.5 Å². The number of hydrogen-bond acceptors (Lipinski definition) is 2. The average Bonchev–Trinajstić information content (AvgIpc) is 2.60. The lowest BCUT2D eigenvalue weighted by atomic mass is 9.81. The Labute approximate surface area is 98.7 Å². The van der Waals surface area contributed by atoms with Gasteiger partial charge in [-0.05, 0) is 46.0 Å². The highest BCUT2D eigenvalue weighted by atomic mass is 16.5. The number of hydrogen-bond donors (Lipinski definition) is 0. The first-order chi connectivity index (χ1) is 7.05. The minimum atomic E-state index is -0.292. The maximum absolute atomic E-state index is 12.4. The van der Waals surface area contributed by atoms with Gasteiger partial charge in [-0.1, -0.05) is 13.8 Å². The highest BCUT2D eigenvalue weighted by molar-refractivity contribution is 5.88. The largest absolute Gasteiger partial charge is 0.369 e. The van der Waals surface area contributed by atoms with Crippen LogP contribution in [0.4, 0.5) is 0 Å². The maximum atomic E-state index is 12.4. The van der Waals surface area contributed by atoms with Gasteiger partial charge >= 0.3 is 0 Å². The fourth-order valence-electron chi connectivity index (χ4n) is 3.20. The molecule has 2 heteroatoms. The zero-order valence-corrected chi connectivity index (χ0v) is 11.4. The third kappa shape index (κ3) is 1.92. The first-order valence-electron chi connectivity index (χ1n) is 6.29. The lowest BCUT2D eigenvalue weighted by Gasteiger charge is -2.26. The van der Waals surface area contributed by atoms with E-state index in [1.165, 1.54) is 0 Å².